The van der Waals surface area contributed by atoms with E-state index in [1.165, 1.54) is 0 Å². The maximum Gasteiger partial charge on any atom is 0.326 e. The van der Waals surface area contributed by atoms with Crippen molar-refractivity contribution >= 4 is 29.6 Å². The van der Waals surface area contributed by atoms with Gasteiger partial charge in [-0.15, -0.1) is 0 Å². The van der Waals surface area contributed by atoms with Crippen LogP contribution in [0.1, 0.15) is 53.4 Å². The van der Waals surface area contributed by atoms with Gasteiger partial charge in [0.05, 0.1) is 6.61 Å². The van der Waals surface area contributed by atoms with Crippen molar-refractivity contribution < 1.29 is 34.2 Å². The summed E-state index contributed by atoms with van der Waals surface area (Å²) in [4.78, 5) is 60.3. The maximum atomic E-state index is 12.8. The first-order valence-corrected chi connectivity index (χ1v) is 10.6. The van der Waals surface area contributed by atoms with Crippen molar-refractivity contribution in [2.24, 2.45) is 23.3 Å². The normalized spacial score (nSPS) is 14.9. The molecule has 0 spiro atoms. The van der Waals surface area contributed by atoms with Gasteiger partial charge in [0.15, 0.2) is 0 Å². The zero-order chi connectivity index (χ0) is 25.0. The lowest BCUT2D eigenvalue weighted by molar-refractivity contribution is -0.143. The van der Waals surface area contributed by atoms with Crippen LogP contribution in [-0.2, 0) is 24.0 Å². The van der Waals surface area contributed by atoms with Gasteiger partial charge in [-0.25, -0.2) is 4.79 Å². The fraction of sp³-hybridized carbons (Fsp3) is 0.750. The van der Waals surface area contributed by atoms with E-state index >= 15 is 0 Å². The van der Waals surface area contributed by atoms with Gasteiger partial charge in [0, 0.05) is 6.42 Å². The van der Waals surface area contributed by atoms with Crippen molar-refractivity contribution in [1.82, 2.24) is 16.0 Å². The average molecular weight is 460 g/mol. The Hall–Kier alpha value is -2.73. The zero-order valence-electron chi connectivity index (χ0n) is 19.1. The Labute approximate surface area is 187 Å². The van der Waals surface area contributed by atoms with E-state index in [4.69, 9.17) is 16.6 Å². The standard InChI is InChI=1S/C20H37N5O7/c1-10(2)7-14(24-17(28)12(21)9-26)19(30)23-13(5-6-16(22)27)18(29)25-15(20(31)32)8-11(3)4/h10-15,26H,5-9,21H2,1-4H3,(H2,22,27)(H,23,30)(H,24,28)(H,25,29)(H,31,32). The minimum absolute atomic E-state index is 0.0169. The summed E-state index contributed by atoms with van der Waals surface area (Å²) in [6.07, 6.45) is 0.00389. The van der Waals surface area contributed by atoms with Crippen molar-refractivity contribution in [3.8, 4) is 0 Å². The molecule has 32 heavy (non-hydrogen) atoms. The van der Waals surface area contributed by atoms with Gasteiger partial charge in [0.25, 0.3) is 0 Å². The van der Waals surface area contributed by atoms with E-state index in [0.29, 0.717) is 0 Å². The Morgan fingerprint density at radius 2 is 1.22 bits per heavy atom. The highest BCUT2D eigenvalue weighted by Gasteiger charge is 2.31. The number of amides is 4. The molecule has 0 aliphatic rings. The zero-order valence-corrected chi connectivity index (χ0v) is 19.1. The molecule has 184 valence electrons. The van der Waals surface area contributed by atoms with Crippen molar-refractivity contribution in [3.05, 3.63) is 0 Å². The van der Waals surface area contributed by atoms with E-state index < -0.39 is 60.4 Å². The van der Waals surface area contributed by atoms with Crippen LogP contribution in [0.25, 0.3) is 0 Å². The number of nitrogens with one attached hydrogen (secondary N) is 3. The number of aliphatic carboxylic acids is 1. The van der Waals surface area contributed by atoms with E-state index in [1.807, 2.05) is 13.8 Å². The lowest BCUT2D eigenvalue weighted by Crippen LogP contribution is -2.57. The van der Waals surface area contributed by atoms with Crippen molar-refractivity contribution in [1.29, 1.82) is 0 Å². The molecule has 0 saturated carbocycles. The number of rotatable bonds is 15. The van der Waals surface area contributed by atoms with E-state index in [0.717, 1.165) is 0 Å². The van der Waals surface area contributed by atoms with Crippen LogP contribution in [0, 0.1) is 11.8 Å². The molecule has 0 aromatic carbocycles. The number of hydrogen-bond donors (Lipinski definition) is 7. The number of carboxylic acid groups (broad SMARTS) is 1. The van der Waals surface area contributed by atoms with Gasteiger partial charge < -0.3 is 37.6 Å². The molecule has 0 aromatic heterocycles. The van der Waals surface area contributed by atoms with E-state index in [2.05, 4.69) is 16.0 Å². The van der Waals surface area contributed by atoms with E-state index in [-0.39, 0.29) is 37.5 Å². The first-order valence-electron chi connectivity index (χ1n) is 10.6. The Kier molecular flexibility index (Phi) is 13.1. The molecule has 0 saturated heterocycles. The van der Waals surface area contributed by atoms with Crippen LogP contribution in [0.2, 0.25) is 0 Å². The third kappa shape index (κ3) is 11.6. The number of primary amides is 1. The molecule has 0 heterocycles. The molecule has 4 atom stereocenters. The summed E-state index contributed by atoms with van der Waals surface area (Å²) < 4.78 is 0. The van der Waals surface area contributed by atoms with E-state index in [9.17, 15) is 29.1 Å². The van der Waals surface area contributed by atoms with Gasteiger partial charge in [-0.3, -0.25) is 19.2 Å². The maximum absolute atomic E-state index is 12.8. The summed E-state index contributed by atoms with van der Waals surface area (Å²) in [5.74, 6) is -4.20. The lowest BCUT2D eigenvalue weighted by atomic mass is 10.0. The minimum Gasteiger partial charge on any atom is -0.480 e. The van der Waals surface area contributed by atoms with Crippen LogP contribution in [-0.4, -0.2) is 70.6 Å². The molecule has 0 aromatic rings. The number of aliphatic hydroxyl groups excluding tert-OH is 1. The smallest absolute Gasteiger partial charge is 0.326 e. The fourth-order valence-electron chi connectivity index (χ4n) is 2.86. The van der Waals surface area contributed by atoms with Crippen LogP contribution in [0.15, 0.2) is 0 Å². The molecule has 12 heteroatoms. The van der Waals surface area contributed by atoms with Crippen molar-refractivity contribution in [3.63, 3.8) is 0 Å². The molecule has 0 rings (SSSR count). The highest BCUT2D eigenvalue weighted by Crippen LogP contribution is 2.09. The predicted molar refractivity (Wildman–Crippen MR) is 116 cm³/mol. The third-order valence-corrected chi connectivity index (χ3v) is 4.51. The molecule has 0 aliphatic carbocycles. The summed E-state index contributed by atoms with van der Waals surface area (Å²) in [6, 6.07) is -4.71. The Balaban J connectivity index is 5.53. The molecule has 4 unspecified atom stereocenters. The van der Waals surface area contributed by atoms with E-state index in [1.54, 1.807) is 13.8 Å². The summed E-state index contributed by atoms with van der Waals surface area (Å²) in [5, 5.41) is 25.7. The highest BCUT2D eigenvalue weighted by atomic mass is 16.4. The molecule has 0 fully saturated rings. The number of hydrogen-bond acceptors (Lipinski definition) is 7. The minimum atomic E-state index is -1.25. The average Bonchev–Trinajstić information content (AvgIpc) is 2.67. The monoisotopic (exact) mass is 459 g/mol. The second-order valence-electron chi connectivity index (χ2n) is 8.57. The quantitative estimate of drug-likeness (QED) is 0.148. The second-order valence-corrected chi connectivity index (χ2v) is 8.57. The topological polar surface area (TPSA) is 214 Å². The summed E-state index contributed by atoms with van der Waals surface area (Å²) in [7, 11) is 0. The van der Waals surface area contributed by atoms with Gasteiger partial charge in [0.2, 0.25) is 23.6 Å². The van der Waals surface area contributed by atoms with Crippen LogP contribution in [0.5, 0.6) is 0 Å². The van der Waals surface area contributed by atoms with Gasteiger partial charge in [-0.1, -0.05) is 27.7 Å². The van der Waals surface area contributed by atoms with Crippen molar-refractivity contribution in [2.75, 3.05) is 6.61 Å². The number of aliphatic hydroxyl groups is 1. The Bertz CT molecular complexity index is 669. The first-order chi connectivity index (χ1) is 14.8. The largest absolute Gasteiger partial charge is 0.480 e. The Morgan fingerprint density at radius 1 is 0.781 bits per heavy atom. The molecule has 0 radical (unpaired) electrons. The van der Waals surface area contributed by atoms with Crippen LogP contribution >= 0.6 is 0 Å². The summed E-state index contributed by atoms with van der Waals surface area (Å²) in [6.45, 7) is 6.62. The number of carbonyl (C=O) groups is 5. The van der Waals surface area contributed by atoms with Crippen LogP contribution in [0.3, 0.4) is 0 Å². The fourth-order valence-corrected chi connectivity index (χ4v) is 2.86. The van der Waals surface area contributed by atoms with Gasteiger partial charge >= 0.3 is 5.97 Å². The van der Waals surface area contributed by atoms with Gasteiger partial charge in [-0.2, -0.15) is 0 Å². The second kappa shape index (κ2) is 14.4. The molecular formula is C20H37N5O7. The SMILES string of the molecule is CC(C)CC(NC(=O)C(CCC(N)=O)NC(=O)C(CC(C)C)NC(=O)C(N)CO)C(=O)O. The van der Waals surface area contributed by atoms with Crippen LogP contribution in [0.4, 0.5) is 0 Å². The highest BCUT2D eigenvalue weighted by molar-refractivity contribution is 5.94. The molecule has 0 aliphatic heterocycles. The molecule has 0 bridgehead atoms. The third-order valence-electron chi connectivity index (χ3n) is 4.51. The first kappa shape index (κ1) is 29.3. The lowest BCUT2D eigenvalue weighted by Gasteiger charge is -2.26. The summed E-state index contributed by atoms with van der Waals surface area (Å²) in [5.41, 5.74) is 10.6. The number of nitrogens with two attached hydrogens (primary N) is 2. The molecular weight excluding hydrogens is 422 g/mol. The number of carboxylic acids is 1. The van der Waals surface area contributed by atoms with Crippen LogP contribution < -0.4 is 27.4 Å². The molecule has 12 nitrogen and oxygen atoms in total. The summed E-state index contributed by atoms with van der Waals surface area (Å²) >= 11 is 0. The Morgan fingerprint density at radius 3 is 1.66 bits per heavy atom. The predicted octanol–water partition coefficient (Wildman–Crippen LogP) is -1.80. The van der Waals surface area contributed by atoms with Gasteiger partial charge in [0.1, 0.15) is 24.2 Å². The van der Waals surface area contributed by atoms with Crippen molar-refractivity contribution in [2.45, 2.75) is 77.5 Å². The molecule has 9 N–H and O–H groups in total. The number of carbonyl (C=O) groups excluding carboxylic acids is 4. The molecule has 4 amide bonds. The van der Waals surface area contributed by atoms with Gasteiger partial charge in [-0.05, 0) is 31.1 Å².